The topological polar surface area (TPSA) is 45.2 Å². The van der Waals surface area contributed by atoms with Crippen molar-refractivity contribution < 1.29 is 14.6 Å². The highest BCUT2D eigenvalue weighted by atomic mass is 16.5. The van der Waals surface area contributed by atoms with Gasteiger partial charge in [0.15, 0.2) is 0 Å². The fourth-order valence-corrected chi connectivity index (χ4v) is 4.26. The number of benzene rings is 1. The molecule has 0 saturated carbocycles. The zero-order valence-corrected chi connectivity index (χ0v) is 15.4. The van der Waals surface area contributed by atoms with E-state index in [4.69, 9.17) is 9.47 Å². The molecule has 1 aromatic carbocycles. The summed E-state index contributed by atoms with van der Waals surface area (Å²) in [7, 11) is 0. The highest BCUT2D eigenvalue weighted by Crippen LogP contribution is 2.29. The quantitative estimate of drug-likeness (QED) is 0.753. The Balaban J connectivity index is 1.18. The molecule has 1 aromatic rings. The van der Waals surface area contributed by atoms with Gasteiger partial charge < -0.3 is 14.6 Å². The predicted molar refractivity (Wildman–Crippen MR) is 101 cm³/mol. The van der Waals surface area contributed by atoms with Crippen molar-refractivity contribution in [2.24, 2.45) is 11.8 Å². The van der Waals surface area contributed by atoms with Gasteiger partial charge in [-0.3, -0.25) is 9.80 Å². The molecule has 0 bridgehead atoms. The van der Waals surface area contributed by atoms with E-state index in [2.05, 4.69) is 34.1 Å². The van der Waals surface area contributed by atoms with Crippen molar-refractivity contribution in [3.05, 3.63) is 42.0 Å². The monoisotopic (exact) mass is 358 g/mol. The molecule has 3 atom stereocenters. The van der Waals surface area contributed by atoms with E-state index in [0.717, 1.165) is 58.1 Å². The third kappa shape index (κ3) is 4.65. The van der Waals surface area contributed by atoms with Crippen LogP contribution in [-0.4, -0.2) is 73.6 Å². The van der Waals surface area contributed by atoms with Crippen LogP contribution in [0.15, 0.2) is 36.4 Å². The summed E-state index contributed by atoms with van der Waals surface area (Å²) in [6.45, 7) is 8.03. The van der Waals surface area contributed by atoms with Crippen LogP contribution in [0.3, 0.4) is 0 Å². The van der Waals surface area contributed by atoms with Crippen LogP contribution in [0, 0.1) is 11.8 Å². The van der Waals surface area contributed by atoms with Crippen LogP contribution in [0.2, 0.25) is 0 Å². The molecule has 3 aliphatic heterocycles. The van der Waals surface area contributed by atoms with Gasteiger partial charge in [0.2, 0.25) is 0 Å². The summed E-state index contributed by atoms with van der Waals surface area (Å²) in [6.07, 6.45) is 5.18. The molecule has 2 fully saturated rings. The Morgan fingerprint density at radius 1 is 1.08 bits per heavy atom. The zero-order chi connectivity index (χ0) is 17.8. The number of nitrogens with zero attached hydrogens (tertiary/aromatic N) is 2. The Morgan fingerprint density at radius 3 is 2.54 bits per heavy atom. The summed E-state index contributed by atoms with van der Waals surface area (Å²) in [5.74, 6) is 2.15. The zero-order valence-electron chi connectivity index (χ0n) is 15.4. The molecule has 4 rings (SSSR count). The van der Waals surface area contributed by atoms with Crippen molar-refractivity contribution in [3.8, 4) is 5.75 Å². The minimum Gasteiger partial charge on any atom is -0.491 e. The Morgan fingerprint density at radius 2 is 1.85 bits per heavy atom. The minimum atomic E-state index is -0.449. The van der Waals surface area contributed by atoms with Crippen LogP contribution >= 0.6 is 0 Å². The second kappa shape index (κ2) is 8.53. The fourth-order valence-electron chi connectivity index (χ4n) is 4.26. The van der Waals surface area contributed by atoms with Gasteiger partial charge >= 0.3 is 0 Å². The molecule has 0 amide bonds. The Labute approximate surface area is 156 Å². The lowest BCUT2D eigenvalue weighted by atomic mass is 10.0. The SMILES string of the molecule is OC(COc1ccc(CN2CC=CCC2)cc1)CN1C[C@H]2COC[C@H]2C1. The Bertz CT molecular complexity index is 592. The van der Waals surface area contributed by atoms with Gasteiger partial charge in [-0.25, -0.2) is 0 Å². The van der Waals surface area contributed by atoms with E-state index >= 15 is 0 Å². The summed E-state index contributed by atoms with van der Waals surface area (Å²) < 4.78 is 11.3. The van der Waals surface area contributed by atoms with Gasteiger partial charge in [0, 0.05) is 51.1 Å². The number of β-amino-alcohol motifs (C(OH)–C–C–N with tert-alkyl or cyclic N) is 1. The van der Waals surface area contributed by atoms with Crippen molar-refractivity contribution in [1.82, 2.24) is 9.80 Å². The lowest BCUT2D eigenvalue weighted by Gasteiger charge is -2.23. The van der Waals surface area contributed by atoms with Crippen LogP contribution in [0.5, 0.6) is 5.75 Å². The molecule has 142 valence electrons. The molecule has 1 unspecified atom stereocenters. The molecular weight excluding hydrogens is 328 g/mol. The van der Waals surface area contributed by atoms with Crippen LogP contribution < -0.4 is 4.74 Å². The first-order valence-corrected chi connectivity index (χ1v) is 9.83. The molecule has 3 heterocycles. The van der Waals surface area contributed by atoms with E-state index < -0.39 is 6.10 Å². The summed E-state index contributed by atoms with van der Waals surface area (Å²) in [5, 5.41) is 10.3. The summed E-state index contributed by atoms with van der Waals surface area (Å²) in [4.78, 5) is 4.79. The number of hydrogen-bond donors (Lipinski definition) is 1. The number of aliphatic hydroxyl groups excluding tert-OH is 1. The second-order valence-corrected chi connectivity index (χ2v) is 7.88. The van der Waals surface area contributed by atoms with Crippen LogP contribution in [0.1, 0.15) is 12.0 Å². The summed E-state index contributed by atoms with van der Waals surface area (Å²) in [5.41, 5.74) is 1.30. The fraction of sp³-hybridized carbons (Fsp3) is 0.619. The maximum absolute atomic E-state index is 10.3. The highest BCUT2D eigenvalue weighted by molar-refractivity contribution is 5.27. The maximum Gasteiger partial charge on any atom is 0.119 e. The van der Waals surface area contributed by atoms with E-state index in [-0.39, 0.29) is 0 Å². The average molecular weight is 358 g/mol. The molecule has 5 heteroatoms. The smallest absolute Gasteiger partial charge is 0.119 e. The number of fused-ring (bicyclic) bond motifs is 1. The van der Waals surface area contributed by atoms with E-state index in [1.165, 1.54) is 5.56 Å². The average Bonchev–Trinajstić information content (AvgIpc) is 3.23. The van der Waals surface area contributed by atoms with Crippen molar-refractivity contribution >= 4 is 0 Å². The van der Waals surface area contributed by atoms with Gasteiger partial charge in [-0.05, 0) is 24.1 Å². The van der Waals surface area contributed by atoms with E-state index in [1.807, 2.05) is 12.1 Å². The van der Waals surface area contributed by atoms with Crippen molar-refractivity contribution in [2.75, 3.05) is 52.5 Å². The van der Waals surface area contributed by atoms with Crippen LogP contribution in [0.25, 0.3) is 0 Å². The van der Waals surface area contributed by atoms with Gasteiger partial charge in [-0.15, -0.1) is 0 Å². The second-order valence-electron chi connectivity index (χ2n) is 7.88. The minimum absolute atomic E-state index is 0.346. The van der Waals surface area contributed by atoms with Crippen molar-refractivity contribution in [3.63, 3.8) is 0 Å². The normalized spacial score (nSPS) is 27.6. The Hall–Kier alpha value is -1.40. The first-order valence-electron chi connectivity index (χ1n) is 9.83. The maximum atomic E-state index is 10.3. The van der Waals surface area contributed by atoms with Gasteiger partial charge in [0.1, 0.15) is 18.5 Å². The van der Waals surface area contributed by atoms with Crippen LogP contribution in [-0.2, 0) is 11.3 Å². The van der Waals surface area contributed by atoms with E-state index in [9.17, 15) is 5.11 Å². The molecular formula is C21H30N2O3. The molecule has 5 nitrogen and oxygen atoms in total. The van der Waals surface area contributed by atoms with Crippen molar-refractivity contribution in [2.45, 2.75) is 19.1 Å². The van der Waals surface area contributed by atoms with E-state index in [0.29, 0.717) is 25.0 Å². The lowest BCUT2D eigenvalue weighted by molar-refractivity contribution is 0.0676. The first kappa shape index (κ1) is 18.0. The molecule has 2 saturated heterocycles. The van der Waals surface area contributed by atoms with Gasteiger partial charge in [0.25, 0.3) is 0 Å². The predicted octanol–water partition coefficient (Wildman–Crippen LogP) is 1.77. The third-order valence-corrected chi connectivity index (χ3v) is 5.70. The molecule has 0 aliphatic carbocycles. The summed E-state index contributed by atoms with van der Waals surface area (Å²) >= 11 is 0. The number of hydrogen-bond acceptors (Lipinski definition) is 5. The highest BCUT2D eigenvalue weighted by Gasteiger charge is 2.37. The number of ether oxygens (including phenoxy) is 2. The molecule has 26 heavy (non-hydrogen) atoms. The standard InChI is InChI=1S/C21H30N2O3/c24-20(13-23-11-18-14-25-15-19(18)12-23)16-26-21-6-4-17(5-7-21)10-22-8-2-1-3-9-22/h1-2,4-7,18-20,24H,3,8-16H2/t18-,19+,20?. The number of likely N-dealkylation sites (tertiary alicyclic amines) is 1. The lowest BCUT2D eigenvalue weighted by Crippen LogP contribution is -2.35. The largest absolute Gasteiger partial charge is 0.491 e. The molecule has 0 spiro atoms. The summed E-state index contributed by atoms with van der Waals surface area (Å²) in [6, 6.07) is 8.28. The van der Waals surface area contributed by atoms with Crippen LogP contribution in [0.4, 0.5) is 0 Å². The van der Waals surface area contributed by atoms with Gasteiger partial charge in [-0.1, -0.05) is 24.3 Å². The van der Waals surface area contributed by atoms with Gasteiger partial charge in [0.05, 0.1) is 13.2 Å². The molecule has 0 aromatic heterocycles. The first-order chi connectivity index (χ1) is 12.8. The third-order valence-electron chi connectivity index (χ3n) is 5.70. The number of rotatable bonds is 7. The molecule has 1 N–H and O–H groups in total. The number of aliphatic hydroxyl groups is 1. The molecule has 0 radical (unpaired) electrons. The molecule has 3 aliphatic rings. The van der Waals surface area contributed by atoms with E-state index in [1.54, 1.807) is 0 Å². The Kier molecular flexibility index (Phi) is 5.90. The van der Waals surface area contributed by atoms with Gasteiger partial charge in [-0.2, -0.15) is 0 Å². The van der Waals surface area contributed by atoms with Crippen molar-refractivity contribution in [1.29, 1.82) is 0 Å².